The Morgan fingerprint density at radius 3 is 2.39 bits per heavy atom. The molecule has 6 heteroatoms. The number of hydrogen-bond donors (Lipinski definition) is 1. The van der Waals surface area contributed by atoms with Crippen molar-refractivity contribution in [3.05, 3.63) is 35.4 Å². The maximum absolute atomic E-state index is 13.3. The number of benzene rings is 1. The van der Waals surface area contributed by atoms with E-state index >= 15 is 0 Å². The van der Waals surface area contributed by atoms with E-state index in [1.54, 1.807) is 4.90 Å². The molecule has 0 aromatic heterocycles. The molecule has 1 saturated heterocycles. The zero-order chi connectivity index (χ0) is 17.0. The number of nitrogens with one attached hydrogen (secondary N) is 1. The Morgan fingerprint density at radius 1 is 1.17 bits per heavy atom. The highest BCUT2D eigenvalue weighted by molar-refractivity contribution is 5.97. The van der Waals surface area contributed by atoms with Gasteiger partial charge in [-0.3, -0.25) is 9.59 Å². The van der Waals surface area contributed by atoms with Gasteiger partial charge in [-0.2, -0.15) is 0 Å². The lowest BCUT2D eigenvalue weighted by Gasteiger charge is -2.25. The van der Waals surface area contributed by atoms with Crippen LogP contribution < -0.4 is 5.32 Å². The third-order valence-corrected chi connectivity index (χ3v) is 3.91. The first-order chi connectivity index (χ1) is 10.9. The molecule has 1 fully saturated rings. The van der Waals surface area contributed by atoms with Crippen LogP contribution in [0.3, 0.4) is 0 Å². The molecule has 23 heavy (non-hydrogen) atoms. The lowest BCUT2D eigenvalue weighted by molar-refractivity contribution is -0.132. The average molecular weight is 324 g/mol. The lowest BCUT2D eigenvalue weighted by atomic mass is 10.0. The third kappa shape index (κ3) is 4.50. The molecule has 4 nitrogen and oxygen atoms in total. The zero-order valence-corrected chi connectivity index (χ0v) is 13.4. The SMILES string of the molecule is CC(C)C[C@@H](NC(=O)c1ccc(F)c(F)c1)C(=O)N1CCCC1. The summed E-state index contributed by atoms with van der Waals surface area (Å²) >= 11 is 0. The standard InChI is InChI=1S/C17H22F2N2O2/c1-11(2)9-15(17(23)21-7-3-4-8-21)20-16(22)12-5-6-13(18)14(19)10-12/h5-6,10-11,15H,3-4,7-9H2,1-2H3,(H,20,22)/t15-/m1/s1. The quantitative estimate of drug-likeness (QED) is 0.905. The fraction of sp³-hybridized carbons (Fsp3) is 0.529. The van der Waals surface area contributed by atoms with Crippen molar-refractivity contribution < 1.29 is 18.4 Å². The molecule has 0 saturated carbocycles. The summed E-state index contributed by atoms with van der Waals surface area (Å²) in [6.07, 6.45) is 2.44. The molecule has 1 aliphatic heterocycles. The number of halogens is 2. The third-order valence-electron chi connectivity index (χ3n) is 3.91. The van der Waals surface area contributed by atoms with Crippen molar-refractivity contribution in [3.63, 3.8) is 0 Å². The predicted octanol–water partition coefficient (Wildman–Crippen LogP) is 2.73. The van der Waals surface area contributed by atoms with Gasteiger partial charge in [-0.25, -0.2) is 8.78 Å². The zero-order valence-electron chi connectivity index (χ0n) is 13.4. The van der Waals surface area contributed by atoms with Crippen molar-refractivity contribution in [2.45, 2.75) is 39.2 Å². The van der Waals surface area contributed by atoms with Gasteiger partial charge in [0.25, 0.3) is 5.91 Å². The summed E-state index contributed by atoms with van der Waals surface area (Å²) in [7, 11) is 0. The molecule has 1 aromatic rings. The number of rotatable bonds is 5. The molecule has 0 spiro atoms. The van der Waals surface area contributed by atoms with E-state index in [0.717, 1.165) is 25.0 Å². The first-order valence-corrected chi connectivity index (χ1v) is 7.93. The topological polar surface area (TPSA) is 49.4 Å². The summed E-state index contributed by atoms with van der Waals surface area (Å²) in [6.45, 7) is 5.34. The maximum atomic E-state index is 13.3. The first-order valence-electron chi connectivity index (χ1n) is 7.93. The van der Waals surface area contributed by atoms with E-state index in [-0.39, 0.29) is 17.4 Å². The van der Waals surface area contributed by atoms with E-state index in [0.29, 0.717) is 19.5 Å². The van der Waals surface area contributed by atoms with E-state index in [9.17, 15) is 18.4 Å². The average Bonchev–Trinajstić information content (AvgIpc) is 3.02. The van der Waals surface area contributed by atoms with E-state index in [2.05, 4.69) is 5.32 Å². The van der Waals surface area contributed by atoms with Gasteiger partial charge in [0.2, 0.25) is 5.91 Å². The van der Waals surface area contributed by atoms with Crippen LogP contribution in [-0.4, -0.2) is 35.8 Å². The summed E-state index contributed by atoms with van der Waals surface area (Å²) in [5.74, 6) is -2.54. The lowest BCUT2D eigenvalue weighted by Crippen LogP contribution is -2.48. The second kappa shape index (κ2) is 7.53. The van der Waals surface area contributed by atoms with Crippen LogP contribution in [0.1, 0.15) is 43.5 Å². The van der Waals surface area contributed by atoms with Crippen LogP contribution in [0.4, 0.5) is 8.78 Å². The summed E-state index contributed by atoms with van der Waals surface area (Å²) in [6, 6.07) is 2.32. The van der Waals surface area contributed by atoms with Gasteiger partial charge in [0.15, 0.2) is 11.6 Å². The number of hydrogen-bond acceptors (Lipinski definition) is 2. The van der Waals surface area contributed by atoms with Crippen LogP contribution in [0.15, 0.2) is 18.2 Å². The second-order valence-electron chi connectivity index (χ2n) is 6.32. The number of carbonyl (C=O) groups excluding carboxylic acids is 2. The Kier molecular flexibility index (Phi) is 5.69. The van der Waals surface area contributed by atoms with Gasteiger partial charge in [-0.15, -0.1) is 0 Å². The second-order valence-corrected chi connectivity index (χ2v) is 6.32. The molecule has 1 aromatic carbocycles. The van der Waals surface area contributed by atoms with Crippen LogP contribution in [0.2, 0.25) is 0 Å². The number of likely N-dealkylation sites (tertiary alicyclic amines) is 1. The number of carbonyl (C=O) groups is 2. The van der Waals surface area contributed by atoms with Gasteiger partial charge in [0.1, 0.15) is 6.04 Å². The molecule has 0 bridgehead atoms. The molecule has 1 atom stereocenters. The molecule has 1 aliphatic rings. The van der Waals surface area contributed by atoms with Crippen LogP contribution in [-0.2, 0) is 4.79 Å². The van der Waals surface area contributed by atoms with Gasteiger partial charge in [-0.1, -0.05) is 13.8 Å². The van der Waals surface area contributed by atoms with Gasteiger partial charge >= 0.3 is 0 Å². The maximum Gasteiger partial charge on any atom is 0.252 e. The highest BCUT2D eigenvalue weighted by atomic mass is 19.2. The Labute approximate surface area is 134 Å². The molecule has 126 valence electrons. The molecule has 2 amide bonds. The molecule has 2 rings (SSSR count). The highest BCUT2D eigenvalue weighted by Crippen LogP contribution is 2.15. The Balaban J connectivity index is 2.10. The largest absolute Gasteiger partial charge is 0.341 e. The molecule has 0 unspecified atom stereocenters. The van der Waals surface area contributed by atoms with Gasteiger partial charge in [0.05, 0.1) is 0 Å². The van der Waals surface area contributed by atoms with Crippen molar-refractivity contribution in [1.29, 1.82) is 0 Å². The van der Waals surface area contributed by atoms with E-state index < -0.39 is 23.6 Å². The van der Waals surface area contributed by atoms with Crippen molar-refractivity contribution in [2.24, 2.45) is 5.92 Å². The smallest absolute Gasteiger partial charge is 0.252 e. The fourth-order valence-electron chi connectivity index (χ4n) is 2.73. The summed E-state index contributed by atoms with van der Waals surface area (Å²) in [5.41, 5.74) is 0.00637. The molecule has 1 N–H and O–H groups in total. The van der Waals surface area contributed by atoms with Crippen molar-refractivity contribution >= 4 is 11.8 Å². The van der Waals surface area contributed by atoms with Gasteiger partial charge < -0.3 is 10.2 Å². The van der Waals surface area contributed by atoms with Crippen molar-refractivity contribution in [1.82, 2.24) is 10.2 Å². The fourth-order valence-corrected chi connectivity index (χ4v) is 2.73. The minimum atomic E-state index is -1.08. The molecule has 0 aliphatic carbocycles. The molecule has 0 radical (unpaired) electrons. The van der Waals surface area contributed by atoms with Crippen LogP contribution in [0.25, 0.3) is 0 Å². The summed E-state index contributed by atoms with van der Waals surface area (Å²) in [5, 5.41) is 2.67. The summed E-state index contributed by atoms with van der Waals surface area (Å²) in [4.78, 5) is 26.5. The Hall–Kier alpha value is -1.98. The van der Waals surface area contributed by atoms with Crippen LogP contribution >= 0.6 is 0 Å². The number of nitrogens with zero attached hydrogens (tertiary/aromatic N) is 1. The van der Waals surface area contributed by atoms with Crippen LogP contribution in [0, 0.1) is 17.6 Å². The Morgan fingerprint density at radius 2 is 1.83 bits per heavy atom. The normalized spacial score (nSPS) is 15.8. The van der Waals surface area contributed by atoms with Crippen molar-refractivity contribution in [3.8, 4) is 0 Å². The Bertz CT molecular complexity index is 584. The minimum absolute atomic E-state index is 0.00637. The van der Waals surface area contributed by atoms with Gasteiger partial charge in [0, 0.05) is 18.7 Å². The molecular formula is C17H22F2N2O2. The minimum Gasteiger partial charge on any atom is -0.341 e. The monoisotopic (exact) mass is 324 g/mol. The molecular weight excluding hydrogens is 302 g/mol. The number of amides is 2. The van der Waals surface area contributed by atoms with E-state index in [1.807, 2.05) is 13.8 Å². The first kappa shape index (κ1) is 17.4. The van der Waals surface area contributed by atoms with Gasteiger partial charge in [-0.05, 0) is 43.4 Å². The highest BCUT2D eigenvalue weighted by Gasteiger charge is 2.28. The van der Waals surface area contributed by atoms with E-state index in [1.165, 1.54) is 6.07 Å². The van der Waals surface area contributed by atoms with Crippen molar-refractivity contribution in [2.75, 3.05) is 13.1 Å². The summed E-state index contributed by atoms with van der Waals surface area (Å²) < 4.78 is 26.2. The van der Waals surface area contributed by atoms with Crippen LogP contribution in [0.5, 0.6) is 0 Å². The molecule has 1 heterocycles. The predicted molar refractivity (Wildman–Crippen MR) is 82.9 cm³/mol. The van der Waals surface area contributed by atoms with E-state index in [4.69, 9.17) is 0 Å².